The normalized spacial score (nSPS) is 10.3. The molecule has 0 aliphatic carbocycles. The Kier molecular flexibility index (Phi) is 6.27. The van der Waals surface area contributed by atoms with E-state index in [4.69, 9.17) is 10.5 Å². The summed E-state index contributed by atoms with van der Waals surface area (Å²) < 4.78 is 19.2. The molecule has 5 nitrogen and oxygen atoms in total. The highest BCUT2D eigenvalue weighted by Crippen LogP contribution is 2.31. The van der Waals surface area contributed by atoms with Gasteiger partial charge >= 0.3 is 0 Å². The molecule has 1 rings (SSSR count). The first-order chi connectivity index (χ1) is 9.90. The maximum Gasteiger partial charge on any atom is 0.241 e. The van der Waals surface area contributed by atoms with E-state index in [1.54, 1.807) is 25.1 Å². The van der Waals surface area contributed by atoms with Crippen LogP contribution in [-0.2, 0) is 4.79 Å². The first-order valence-electron chi connectivity index (χ1n) is 7.07. The van der Waals surface area contributed by atoms with Crippen LogP contribution >= 0.6 is 0 Å². The molecule has 1 aromatic carbocycles. The van der Waals surface area contributed by atoms with Crippen LogP contribution in [0, 0.1) is 5.82 Å². The molecule has 0 unspecified atom stereocenters. The molecule has 0 heterocycles. The molecule has 0 aliphatic heterocycles. The molecule has 0 spiro atoms. The lowest BCUT2D eigenvalue weighted by molar-refractivity contribution is -0.127. The van der Waals surface area contributed by atoms with Gasteiger partial charge in [-0.15, -0.1) is 0 Å². The Hall–Kier alpha value is -1.98. The van der Waals surface area contributed by atoms with Gasteiger partial charge in [0.1, 0.15) is 0 Å². The van der Waals surface area contributed by atoms with Gasteiger partial charge in [-0.3, -0.25) is 4.79 Å². The summed E-state index contributed by atoms with van der Waals surface area (Å²) in [7, 11) is 3.39. The Morgan fingerprint density at radius 2 is 2.00 bits per heavy atom. The quantitative estimate of drug-likeness (QED) is 0.783. The largest absolute Gasteiger partial charge is 0.490 e. The minimum Gasteiger partial charge on any atom is -0.490 e. The molecule has 0 saturated heterocycles. The van der Waals surface area contributed by atoms with E-state index in [0.717, 1.165) is 6.42 Å². The van der Waals surface area contributed by atoms with E-state index in [2.05, 4.69) is 0 Å². The molecule has 0 fully saturated rings. The number of hydrogen-bond donors (Lipinski definition) is 1. The molecular formula is C15H24FN3O2. The molecule has 1 aromatic rings. The second kappa shape index (κ2) is 7.71. The van der Waals surface area contributed by atoms with Gasteiger partial charge < -0.3 is 20.3 Å². The third-order valence-electron chi connectivity index (χ3n) is 3.09. The van der Waals surface area contributed by atoms with Crippen molar-refractivity contribution in [3.63, 3.8) is 0 Å². The monoisotopic (exact) mass is 297 g/mol. The summed E-state index contributed by atoms with van der Waals surface area (Å²) in [5, 5.41) is 0. The van der Waals surface area contributed by atoms with E-state index in [0.29, 0.717) is 24.5 Å². The van der Waals surface area contributed by atoms with Gasteiger partial charge in [-0.1, -0.05) is 6.92 Å². The van der Waals surface area contributed by atoms with E-state index in [9.17, 15) is 9.18 Å². The van der Waals surface area contributed by atoms with Crippen LogP contribution in [0.15, 0.2) is 12.1 Å². The number of nitrogens with zero attached hydrogens (tertiary/aromatic N) is 2. The van der Waals surface area contributed by atoms with Crippen molar-refractivity contribution in [2.45, 2.75) is 20.3 Å². The number of rotatable bonds is 7. The van der Waals surface area contributed by atoms with Crippen molar-refractivity contribution in [2.24, 2.45) is 0 Å². The summed E-state index contributed by atoms with van der Waals surface area (Å²) in [5.41, 5.74) is 6.79. The Morgan fingerprint density at radius 3 is 2.52 bits per heavy atom. The first kappa shape index (κ1) is 17.1. The molecule has 6 heteroatoms. The fourth-order valence-corrected chi connectivity index (χ4v) is 1.83. The lowest BCUT2D eigenvalue weighted by atomic mass is 10.2. The summed E-state index contributed by atoms with van der Waals surface area (Å²) in [6.45, 7) is 5.07. The van der Waals surface area contributed by atoms with Crippen molar-refractivity contribution in [2.75, 3.05) is 44.4 Å². The van der Waals surface area contributed by atoms with Crippen LogP contribution in [-0.4, -0.2) is 44.6 Å². The number of nitrogen functional groups attached to an aromatic ring is 1. The number of hydrogen-bond acceptors (Lipinski definition) is 4. The highest BCUT2D eigenvalue weighted by Gasteiger charge is 2.17. The van der Waals surface area contributed by atoms with Crippen molar-refractivity contribution in [1.29, 1.82) is 0 Å². The van der Waals surface area contributed by atoms with Crippen molar-refractivity contribution in [1.82, 2.24) is 4.90 Å². The van der Waals surface area contributed by atoms with E-state index in [1.165, 1.54) is 11.0 Å². The van der Waals surface area contributed by atoms with Crippen molar-refractivity contribution < 1.29 is 13.9 Å². The Labute approximate surface area is 125 Å². The molecule has 21 heavy (non-hydrogen) atoms. The SMILES string of the molecule is CCCOc1cc(N(CC)CC(=O)N(C)C)c(N)cc1F. The Balaban J connectivity index is 3.05. The van der Waals surface area contributed by atoms with Crippen LogP contribution < -0.4 is 15.4 Å². The number of carbonyl (C=O) groups is 1. The number of benzene rings is 1. The lowest BCUT2D eigenvalue weighted by Crippen LogP contribution is -2.37. The van der Waals surface area contributed by atoms with E-state index < -0.39 is 5.82 Å². The number of carbonyl (C=O) groups excluding carboxylic acids is 1. The van der Waals surface area contributed by atoms with E-state index in [1.807, 2.05) is 13.8 Å². The van der Waals surface area contributed by atoms with Gasteiger partial charge in [0.05, 0.1) is 24.5 Å². The summed E-state index contributed by atoms with van der Waals surface area (Å²) in [4.78, 5) is 15.2. The van der Waals surface area contributed by atoms with Crippen LogP contribution in [0.25, 0.3) is 0 Å². The summed E-state index contributed by atoms with van der Waals surface area (Å²) in [6.07, 6.45) is 0.787. The van der Waals surface area contributed by atoms with Gasteiger partial charge in [0.15, 0.2) is 11.6 Å². The van der Waals surface area contributed by atoms with Crippen molar-refractivity contribution in [3.8, 4) is 5.75 Å². The molecule has 118 valence electrons. The molecular weight excluding hydrogens is 273 g/mol. The first-order valence-corrected chi connectivity index (χ1v) is 7.07. The molecule has 0 radical (unpaired) electrons. The van der Waals surface area contributed by atoms with Crippen LogP contribution in [0.5, 0.6) is 5.75 Å². The average Bonchev–Trinajstić information content (AvgIpc) is 2.44. The summed E-state index contributed by atoms with van der Waals surface area (Å²) >= 11 is 0. The zero-order valence-electron chi connectivity index (χ0n) is 13.1. The number of anilines is 2. The van der Waals surface area contributed by atoms with Crippen LogP contribution in [0.1, 0.15) is 20.3 Å². The number of amides is 1. The number of ether oxygens (including phenoxy) is 1. The van der Waals surface area contributed by atoms with Crippen LogP contribution in [0.3, 0.4) is 0 Å². The van der Waals surface area contributed by atoms with E-state index in [-0.39, 0.29) is 18.2 Å². The second-order valence-electron chi connectivity index (χ2n) is 4.99. The smallest absolute Gasteiger partial charge is 0.241 e. The maximum absolute atomic E-state index is 13.8. The number of likely N-dealkylation sites (N-methyl/N-ethyl adjacent to an activating group) is 2. The Bertz CT molecular complexity index is 492. The fourth-order valence-electron chi connectivity index (χ4n) is 1.83. The highest BCUT2D eigenvalue weighted by atomic mass is 19.1. The molecule has 0 aromatic heterocycles. The van der Waals surface area contributed by atoms with Crippen molar-refractivity contribution >= 4 is 17.3 Å². The third kappa shape index (κ3) is 4.51. The number of nitrogens with two attached hydrogens (primary N) is 1. The fraction of sp³-hybridized carbons (Fsp3) is 0.533. The molecule has 0 bridgehead atoms. The number of halogens is 1. The average molecular weight is 297 g/mol. The summed E-state index contributed by atoms with van der Waals surface area (Å²) in [5.74, 6) is -0.368. The predicted octanol–water partition coefficient (Wildman–Crippen LogP) is 2.11. The summed E-state index contributed by atoms with van der Waals surface area (Å²) in [6, 6.07) is 2.80. The molecule has 1 amide bonds. The minimum atomic E-state index is -0.486. The maximum atomic E-state index is 13.8. The van der Waals surface area contributed by atoms with Gasteiger partial charge in [0.2, 0.25) is 5.91 Å². The highest BCUT2D eigenvalue weighted by molar-refractivity contribution is 5.83. The van der Waals surface area contributed by atoms with Gasteiger partial charge in [0, 0.05) is 32.8 Å². The predicted molar refractivity (Wildman–Crippen MR) is 83.2 cm³/mol. The van der Waals surface area contributed by atoms with Crippen molar-refractivity contribution in [3.05, 3.63) is 17.9 Å². The lowest BCUT2D eigenvalue weighted by Gasteiger charge is -2.26. The van der Waals surface area contributed by atoms with Gasteiger partial charge in [0.25, 0.3) is 0 Å². The molecule has 0 atom stereocenters. The standard InChI is InChI=1S/C15H24FN3O2/c1-5-7-21-14-9-13(12(17)8-11(14)16)19(6-2)10-15(20)18(3)4/h8-9H,5-7,10,17H2,1-4H3. The third-order valence-corrected chi connectivity index (χ3v) is 3.09. The molecule has 0 saturated carbocycles. The van der Waals surface area contributed by atoms with Crippen LogP contribution in [0.4, 0.5) is 15.8 Å². The molecule has 2 N–H and O–H groups in total. The zero-order chi connectivity index (χ0) is 16.0. The minimum absolute atomic E-state index is 0.0448. The molecule has 0 aliphatic rings. The Morgan fingerprint density at radius 1 is 1.33 bits per heavy atom. The van der Waals surface area contributed by atoms with Gasteiger partial charge in [-0.05, 0) is 13.3 Å². The van der Waals surface area contributed by atoms with E-state index >= 15 is 0 Å². The zero-order valence-corrected chi connectivity index (χ0v) is 13.1. The topological polar surface area (TPSA) is 58.8 Å². The van der Waals surface area contributed by atoms with Gasteiger partial charge in [-0.25, -0.2) is 4.39 Å². The second-order valence-corrected chi connectivity index (χ2v) is 4.99. The van der Waals surface area contributed by atoms with Crippen LogP contribution in [0.2, 0.25) is 0 Å². The van der Waals surface area contributed by atoms with Gasteiger partial charge in [-0.2, -0.15) is 0 Å².